The molecule has 0 unspecified atom stereocenters. The van der Waals surface area contributed by atoms with Gasteiger partial charge in [-0.2, -0.15) is 5.10 Å². The second-order valence-corrected chi connectivity index (χ2v) is 5.64. The first-order valence-electron chi connectivity index (χ1n) is 7.64. The molecule has 3 aromatic rings. The molecular weight excluding hydrogens is 303 g/mol. The Bertz CT molecular complexity index is 908. The van der Waals surface area contributed by atoms with Crippen molar-refractivity contribution in [3.8, 4) is 5.69 Å². The number of rotatable bonds is 4. The van der Waals surface area contributed by atoms with Gasteiger partial charge in [-0.25, -0.2) is 9.07 Å². The summed E-state index contributed by atoms with van der Waals surface area (Å²) >= 11 is 0. The fourth-order valence-electron chi connectivity index (χ4n) is 2.53. The summed E-state index contributed by atoms with van der Waals surface area (Å²) in [6.07, 6.45) is 4.89. The molecule has 0 bridgehead atoms. The van der Waals surface area contributed by atoms with Crippen LogP contribution in [-0.4, -0.2) is 15.6 Å². The van der Waals surface area contributed by atoms with Crippen molar-refractivity contribution in [1.29, 1.82) is 0 Å². The molecule has 24 heavy (non-hydrogen) atoms. The van der Waals surface area contributed by atoms with Crippen molar-refractivity contribution in [2.45, 2.75) is 13.8 Å². The minimum Gasteiger partial charge on any atom is -0.289 e. The number of hydrogen-bond donors (Lipinski definition) is 0. The van der Waals surface area contributed by atoms with Gasteiger partial charge in [0.1, 0.15) is 5.82 Å². The molecule has 0 atom stereocenters. The highest BCUT2D eigenvalue weighted by Crippen LogP contribution is 2.16. The average Bonchev–Trinajstić information content (AvgIpc) is 2.95. The molecule has 2 aromatic carbocycles. The Kier molecular flexibility index (Phi) is 4.38. The average molecular weight is 320 g/mol. The molecule has 0 saturated carbocycles. The molecule has 0 fully saturated rings. The van der Waals surface area contributed by atoms with E-state index in [1.165, 1.54) is 12.1 Å². The zero-order valence-electron chi connectivity index (χ0n) is 13.5. The third-order valence-corrected chi connectivity index (χ3v) is 3.82. The van der Waals surface area contributed by atoms with Gasteiger partial charge in [0.15, 0.2) is 5.78 Å². The van der Waals surface area contributed by atoms with E-state index in [2.05, 4.69) is 5.10 Å². The van der Waals surface area contributed by atoms with E-state index in [4.69, 9.17) is 0 Å². The van der Waals surface area contributed by atoms with Crippen LogP contribution in [0.3, 0.4) is 0 Å². The maximum Gasteiger partial charge on any atom is 0.189 e. The highest BCUT2D eigenvalue weighted by Gasteiger charge is 2.13. The maximum absolute atomic E-state index is 13.0. The van der Waals surface area contributed by atoms with Crippen LogP contribution in [0.5, 0.6) is 0 Å². The second-order valence-electron chi connectivity index (χ2n) is 5.64. The van der Waals surface area contributed by atoms with Gasteiger partial charge in [0, 0.05) is 0 Å². The Labute approximate surface area is 140 Å². The predicted molar refractivity (Wildman–Crippen MR) is 92.8 cm³/mol. The van der Waals surface area contributed by atoms with Crippen molar-refractivity contribution in [1.82, 2.24) is 9.78 Å². The van der Waals surface area contributed by atoms with Crippen molar-refractivity contribution in [3.05, 3.63) is 89.0 Å². The van der Waals surface area contributed by atoms with E-state index in [1.54, 1.807) is 35.2 Å². The number of hydrogen-bond acceptors (Lipinski definition) is 2. The Morgan fingerprint density at radius 3 is 2.58 bits per heavy atom. The van der Waals surface area contributed by atoms with E-state index in [0.717, 1.165) is 22.5 Å². The number of benzene rings is 2. The molecule has 0 radical (unpaired) electrons. The van der Waals surface area contributed by atoms with Crippen LogP contribution in [0.2, 0.25) is 0 Å². The fraction of sp³-hybridized carbons (Fsp3) is 0.100. The first kappa shape index (κ1) is 15.9. The van der Waals surface area contributed by atoms with Crippen LogP contribution in [-0.2, 0) is 0 Å². The predicted octanol–water partition coefficient (Wildman–Crippen LogP) is 4.52. The quantitative estimate of drug-likeness (QED) is 0.523. The van der Waals surface area contributed by atoms with Gasteiger partial charge in [0.05, 0.1) is 23.1 Å². The number of halogens is 1. The summed E-state index contributed by atoms with van der Waals surface area (Å²) in [4.78, 5) is 12.4. The van der Waals surface area contributed by atoms with Crippen molar-refractivity contribution in [3.63, 3.8) is 0 Å². The zero-order valence-corrected chi connectivity index (χ0v) is 13.5. The van der Waals surface area contributed by atoms with E-state index in [-0.39, 0.29) is 11.6 Å². The van der Waals surface area contributed by atoms with E-state index < -0.39 is 0 Å². The number of carbonyl (C=O) groups is 1. The Balaban J connectivity index is 1.85. The largest absolute Gasteiger partial charge is 0.289 e. The molecule has 0 aliphatic rings. The smallest absolute Gasteiger partial charge is 0.189 e. The second kappa shape index (κ2) is 6.62. The van der Waals surface area contributed by atoms with Gasteiger partial charge in [-0.1, -0.05) is 35.9 Å². The lowest BCUT2D eigenvalue weighted by molar-refractivity contribution is 0.104. The minimum atomic E-state index is -0.305. The molecule has 0 aliphatic carbocycles. The van der Waals surface area contributed by atoms with Gasteiger partial charge in [0.25, 0.3) is 0 Å². The molecule has 0 aliphatic heterocycles. The third kappa shape index (κ3) is 3.33. The van der Waals surface area contributed by atoms with E-state index in [9.17, 15) is 9.18 Å². The van der Waals surface area contributed by atoms with Crippen molar-refractivity contribution in [2.75, 3.05) is 0 Å². The van der Waals surface area contributed by atoms with Gasteiger partial charge >= 0.3 is 0 Å². The summed E-state index contributed by atoms with van der Waals surface area (Å²) in [7, 11) is 0. The minimum absolute atomic E-state index is 0.109. The SMILES string of the molecule is Cc1cccc(/C=C/C(=O)c2cnn(-c3ccc(F)cc3)c2C)c1. The first-order valence-corrected chi connectivity index (χ1v) is 7.64. The maximum atomic E-state index is 13.0. The van der Waals surface area contributed by atoms with Crippen LogP contribution in [0.25, 0.3) is 11.8 Å². The van der Waals surface area contributed by atoms with Gasteiger partial charge in [-0.05, 0) is 49.8 Å². The van der Waals surface area contributed by atoms with Crippen molar-refractivity contribution in [2.24, 2.45) is 0 Å². The molecule has 1 heterocycles. The van der Waals surface area contributed by atoms with Gasteiger partial charge in [-0.3, -0.25) is 4.79 Å². The van der Waals surface area contributed by atoms with Crippen LogP contribution in [0, 0.1) is 19.7 Å². The third-order valence-electron chi connectivity index (χ3n) is 3.82. The Morgan fingerprint density at radius 1 is 1.12 bits per heavy atom. The topological polar surface area (TPSA) is 34.9 Å². The summed E-state index contributed by atoms with van der Waals surface area (Å²) in [6, 6.07) is 13.9. The highest BCUT2D eigenvalue weighted by molar-refractivity contribution is 6.07. The number of aromatic nitrogens is 2. The monoisotopic (exact) mass is 320 g/mol. The van der Waals surface area contributed by atoms with Gasteiger partial charge in [0.2, 0.25) is 0 Å². The van der Waals surface area contributed by atoms with Gasteiger partial charge < -0.3 is 0 Å². The first-order chi connectivity index (χ1) is 11.5. The highest BCUT2D eigenvalue weighted by atomic mass is 19.1. The number of allylic oxidation sites excluding steroid dienone is 1. The number of nitrogens with zero attached hydrogens (tertiary/aromatic N) is 2. The molecule has 120 valence electrons. The molecule has 3 rings (SSSR count). The lowest BCUT2D eigenvalue weighted by Crippen LogP contribution is -2.01. The van der Waals surface area contributed by atoms with E-state index in [1.807, 2.05) is 38.1 Å². The Morgan fingerprint density at radius 2 is 1.88 bits per heavy atom. The van der Waals surface area contributed by atoms with Crippen molar-refractivity contribution >= 4 is 11.9 Å². The molecule has 4 heteroatoms. The molecular formula is C20H17FN2O. The lowest BCUT2D eigenvalue weighted by Gasteiger charge is -2.04. The summed E-state index contributed by atoms with van der Waals surface area (Å²) in [5.41, 5.74) is 4.09. The molecule has 3 nitrogen and oxygen atoms in total. The molecule has 0 amide bonds. The standard InChI is InChI=1S/C20H17FN2O/c1-14-4-3-5-16(12-14)6-11-20(24)19-13-22-23(15(19)2)18-9-7-17(21)8-10-18/h3-13H,1-2H3/b11-6+. The summed E-state index contributed by atoms with van der Waals surface area (Å²) < 4.78 is 14.7. The van der Waals surface area contributed by atoms with E-state index >= 15 is 0 Å². The zero-order chi connectivity index (χ0) is 17.1. The van der Waals surface area contributed by atoms with Crippen LogP contribution in [0.15, 0.2) is 60.8 Å². The van der Waals surface area contributed by atoms with E-state index in [0.29, 0.717) is 5.56 Å². The summed E-state index contributed by atoms with van der Waals surface area (Å²) in [5.74, 6) is -0.414. The molecule has 0 spiro atoms. The number of aryl methyl sites for hydroxylation is 1. The van der Waals surface area contributed by atoms with Gasteiger partial charge in [-0.15, -0.1) is 0 Å². The van der Waals surface area contributed by atoms with Crippen LogP contribution < -0.4 is 0 Å². The lowest BCUT2D eigenvalue weighted by atomic mass is 10.1. The number of carbonyl (C=O) groups excluding carboxylic acids is 1. The molecule has 1 aromatic heterocycles. The Hall–Kier alpha value is -3.01. The van der Waals surface area contributed by atoms with Crippen LogP contribution in [0.1, 0.15) is 27.2 Å². The molecule has 0 N–H and O–H groups in total. The fourth-order valence-corrected chi connectivity index (χ4v) is 2.53. The summed E-state index contributed by atoms with van der Waals surface area (Å²) in [6.45, 7) is 3.83. The van der Waals surface area contributed by atoms with Crippen LogP contribution in [0.4, 0.5) is 4.39 Å². The van der Waals surface area contributed by atoms with Crippen LogP contribution >= 0.6 is 0 Å². The normalized spacial score (nSPS) is 11.1. The molecule has 0 saturated heterocycles. The number of ketones is 1. The summed E-state index contributed by atoms with van der Waals surface area (Å²) in [5, 5.41) is 4.25. The van der Waals surface area contributed by atoms with Crippen molar-refractivity contribution < 1.29 is 9.18 Å².